The zero-order valence-electron chi connectivity index (χ0n) is 16.3. The van der Waals surface area contributed by atoms with Gasteiger partial charge in [0, 0.05) is 48.7 Å². The van der Waals surface area contributed by atoms with Gasteiger partial charge in [-0.15, -0.1) is 0 Å². The highest BCUT2D eigenvalue weighted by Gasteiger charge is 2.19. The monoisotopic (exact) mass is 379 g/mol. The van der Waals surface area contributed by atoms with E-state index in [1.165, 1.54) is 0 Å². The third-order valence-corrected chi connectivity index (χ3v) is 5.13. The lowest BCUT2D eigenvalue weighted by atomic mass is 10.0. The van der Waals surface area contributed by atoms with Gasteiger partial charge >= 0.3 is 0 Å². The number of rotatable bonds is 6. The molecule has 0 aliphatic carbocycles. The molecule has 0 saturated heterocycles. The molecule has 2 aromatic heterocycles. The Labute approximate surface area is 163 Å². The van der Waals surface area contributed by atoms with Crippen molar-refractivity contribution in [2.24, 2.45) is 0 Å². The van der Waals surface area contributed by atoms with Crippen molar-refractivity contribution in [3.63, 3.8) is 0 Å². The van der Waals surface area contributed by atoms with Gasteiger partial charge in [0.1, 0.15) is 5.69 Å². The fraction of sp³-hybridized carbons (Fsp3) is 0.381. The first-order chi connectivity index (χ1) is 13.5. The molecule has 1 aromatic carbocycles. The maximum absolute atomic E-state index is 12.8. The Balaban J connectivity index is 1.55. The zero-order valence-corrected chi connectivity index (χ0v) is 16.3. The molecule has 1 amide bonds. The predicted molar refractivity (Wildman–Crippen MR) is 108 cm³/mol. The van der Waals surface area contributed by atoms with Crippen LogP contribution in [0.2, 0.25) is 0 Å². The highest BCUT2D eigenvalue weighted by molar-refractivity contribution is 6.03. The molecule has 0 bridgehead atoms. The summed E-state index contributed by atoms with van der Waals surface area (Å²) < 4.78 is 3.89. The highest BCUT2D eigenvalue weighted by Crippen LogP contribution is 2.24. The van der Waals surface area contributed by atoms with Crippen molar-refractivity contribution >= 4 is 22.6 Å². The molecule has 0 radical (unpaired) electrons. The van der Waals surface area contributed by atoms with Crippen LogP contribution in [-0.4, -0.2) is 58.1 Å². The molecule has 0 spiro atoms. The fourth-order valence-corrected chi connectivity index (χ4v) is 3.60. The number of carbonyl (C=O) groups is 2. The van der Waals surface area contributed by atoms with E-state index in [-0.39, 0.29) is 11.7 Å². The number of ketones is 1. The lowest BCUT2D eigenvalue weighted by Gasteiger charge is -2.08. The lowest BCUT2D eigenvalue weighted by molar-refractivity contribution is 0.0950. The van der Waals surface area contributed by atoms with Gasteiger partial charge in [0.15, 0.2) is 5.78 Å². The number of aromatic nitrogens is 3. The molecule has 146 valence electrons. The SMILES string of the molecule is CN(C)CCn1cc(CC(=O)c2ccc3cc4n(c3c2)CCCNC4=O)cn1. The van der Waals surface area contributed by atoms with Crippen molar-refractivity contribution in [1.82, 2.24) is 24.6 Å². The third-order valence-electron chi connectivity index (χ3n) is 5.13. The number of carbonyl (C=O) groups excluding carboxylic acids is 2. The van der Waals surface area contributed by atoms with Gasteiger partial charge in [-0.3, -0.25) is 14.3 Å². The van der Waals surface area contributed by atoms with Crippen molar-refractivity contribution in [2.75, 3.05) is 27.2 Å². The Hall–Kier alpha value is -2.93. The standard InChI is InChI=1S/C21H25N5O2/c1-24(2)8-9-25-14-15(13-23-25)10-20(27)17-5-4-16-11-19-21(28)22-6-3-7-26(19)18(16)12-17/h4-5,11-14H,3,6-10H2,1-2H3,(H,22,28). The van der Waals surface area contributed by atoms with Crippen molar-refractivity contribution in [2.45, 2.75) is 25.9 Å². The molecule has 0 saturated carbocycles. The van der Waals surface area contributed by atoms with Crippen molar-refractivity contribution in [3.8, 4) is 0 Å². The van der Waals surface area contributed by atoms with Gasteiger partial charge in [0.25, 0.3) is 5.91 Å². The van der Waals surface area contributed by atoms with E-state index in [2.05, 4.69) is 15.3 Å². The van der Waals surface area contributed by atoms with E-state index in [1.54, 1.807) is 6.20 Å². The van der Waals surface area contributed by atoms with Crippen LogP contribution >= 0.6 is 0 Å². The van der Waals surface area contributed by atoms with Crippen LogP contribution in [0.1, 0.15) is 32.8 Å². The summed E-state index contributed by atoms with van der Waals surface area (Å²) in [7, 11) is 4.05. The van der Waals surface area contributed by atoms with Crippen LogP contribution in [0.3, 0.4) is 0 Å². The predicted octanol–water partition coefficient (Wildman–Crippen LogP) is 1.96. The molecule has 7 heteroatoms. The van der Waals surface area contributed by atoms with Gasteiger partial charge in [0.2, 0.25) is 0 Å². The molecule has 28 heavy (non-hydrogen) atoms. The smallest absolute Gasteiger partial charge is 0.267 e. The molecule has 3 heterocycles. The van der Waals surface area contributed by atoms with Gasteiger partial charge in [0.05, 0.1) is 12.7 Å². The topological polar surface area (TPSA) is 72.2 Å². The molecule has 3 aromatic rings. The van der Waals surface area contributed by atoms with E-state index in [4.69, 9.17) is 0 Å². The molecule has 7 nitrogen and oxygen atoms in total. The lowest BCUT2D eigenvalue weighted by Crippen LogP contribution is -2.22. The van der Waals surface area contributed by atoms with Crippen molar-refractivity contribution in [3.05, 3.63) is 53.5 Å². The van der Waals surface area contributed by atoms with Crippen LogP contribution in [-0.2, 0) is 19.5 Å². The molecule has 1 aliphatic heterocycles. The maximum atomic E-state index is 12.8. The van der Waals surface area contributed by atoms with E-state index in [0.717, 1.165) is 42.5 Å². The first-order valence-electron chi connectivity index (χ1n) is 9.62. The summed E-state index contributed by atoms with van der Waals surface area (Å²) >= 11 is 0. The fourth-order valence-electron chi connectivity index (χ4n) is 3.60. The average molecular weight is 379 g/mol. The first kappa shape index (κ1) is 18.4. The summed E-state index contributed by atoms with van der Waals surface area (Å²) in [6.07, 6.45) is 4.90. The molecule has 0 fully saturated rings. The van der Waals surface area contributed by atoms with Crippen molar-refractivity contribution in [1.29, 1.82) is 0 Å². The van der Waals surface area contributed by atoms with Gasteiger partial charge in [-0.1, -0.05) is 12.1 Å². The third kappa shape index (κ3) is 3.71. The number of likely N-dealkylation sites (N-methyl/N-ethyl adjacent to an activating group) is 1. The summed E-state index contributed by atoms with van der Waals surface area (Å²) in [4.78, 5) is 27.1. The van der Waals surface area contributed by atoms with Crippen LogP contribution in [0.4, 0.5) is 0 Å². The summed E-state index contributed by atoms with van der Waals surface area (Å²) in [5.74, 6) is 0.00870. The first-order valence-corrected chi connectivity index (χ1v) is 9.62. The quantitative estimate of drug-likeness (QED) is 0.665. The molecule has 0 atom stereocenters. The molecule has 1 aliphatic rings. The minimum absolute atomic E-state index is 0.0493. The number of hydrogen-bond donors (Lipinski definition) is 1. The van der Waals surface area contributed by atoms with Gasteiger partial charge in [-0.05, 0) is 38.2 Å². The second-order valence-electron chi connectivity index (χ2n) is 7.58. The van der Waals surface area contributed by atoms with Crippen LogP contribution in [0.5, 0.6) is 0 Å². The highest BCUT2D eigenvalue weighted by atomic mass is 16.2. The van der Waals surface area contributed by atoms with Gasteiger partial charge in [-0.25, -0.2) is 0 Å². The number of aryl methyl sites for hydroxylation is 1. The normalized spacial score (nSPS) is 14.2. The average Bonchev–Trinajstić information content (AvgIpc) is 3.22. The summed E-state index contributed by atoms with van der Waals surface area (Å²) in [6.45, 7) is 3.15. The van der Waals surface area contributed by atoms with E-state index < -0.39 is 0 Å². The minimum atomic E-state index is -0.0493. The number of nitrogens with zero attached hydrogens (tertiary/aromatic N) is 4. The Morgan fingerprint density at radius 3 is 2.96 bits per heavy atom. The Bertz CT molecular complexity index is 1030. The van der Waals surface area contributed by atoms with Crippen LogP contribution in [0.15, 0.2) is 36.7 Å². The summed E-state index contributed by atoms with van der Waals surface area (Å²) in [6, 6.07) is 7.59. The van der Waals surface area contributed by atoms with Crippen LogP contribution < -0.4 is 5.32 Å². The number of benzene rings is 1. The van der Waals surface area contributed by atoms with Crippen molar-refractivity contribution < 1.29 is 9.59 Å². The minimum Gasteiger partial charge on any atom is -0.351 e. The number of nitrogens with one attached hydrogen (secondary N) is 1. The summed E-state index contributed by atoms with van der Waals surface area (Å²) in [5, 5.41) is 8.24. The second kappa shape index (κ2) is 7.59. The van der Waals surface area contributed by atoms with E-state index in [0.29, 0.717) is 24.2 Å². The van der Waals surface area contributed by atoms with Crippen LogP contribution in [0.25, 0.3) is 10.9 Å². The van der Waals surface area contributed by atoms with E-state index >= 15 is 0 Å². The Kier molecular flexibility index (Phi) is 5.00. The zero-order chi connectivity index (χ0) is 19.7. The molecular weight excluding hydrogens is 354 g/mol. The van der Waals surface area contributed by atoms with Crippen LogP contribution in [0, 0.1) is 0 Å². The van der Waals surface area contributed by atoms with Gasteiger partial charge < -0.3 is 14.8 Å². The van der Waals surface area contributed by atoms with E-state index in [9.17, 15) is 9.59 Å². The molecule has 0 unspecified atom stereocenters. The Morgan fingerprint density at radius 2 is 2.14 bits per heavy atom. The van der Waals surface area contributed by atoms with E-state index in [1.807, 2.05) is 53.8 Å². The maximum Gasteiger partial charge on any atom is 0.267 e. The second-order valence-corrected chi connectivity index (χ2v) is 7.58. The number of Topliss-reactive ketones (excluding diaryl/α,β-unsaturated/α-hetero) is 1. The number of amides is 1. The summed E-state index contributed by atoms with van der Waals surface area (Å²) in [5.41, 5.74) is 3.19. The molecule has 4 rings (SSSR count). The molecular formula is C21H25N5O2. The Morgan fingerprint density at radius 1 is 1.29 bits per heavy atom. The number of fused-ring (bicyclic) bond motifs is 3. The number of hydrogen-bond acceptors (Lipinski definition) is 4. The molecule has 1 N–H and O–H groups in total. The van der Waals surface area contributed by atoms with Gasteiger partial charge in [-0.2, -0.15) is 5.10 Å². The largest absolute Gasteiger partial charge is 0.351 e.